The SMILES string of the molecule is CC(C)c1ccc(C(F)F)cn1.CC(C)c1ccc(O)cn1.CC(C)c1cnc(C(F)(F)F)cn1.CC(C)c1ncc(C(F)(F)F)cn1.CC(C)c1ncc(Cl)cn1.COc1ccc(C(C)C)nc1.Cc1cnc(C(C)C)cn1.Cc1nc(C(C)C)ccc1C(F)(F)F. The van der Waals surface area contributed by atoms with E-state index in [9.17, 15) is 48.3 Å². The van der Waals surface area contributed by atoms with Crippen LogP contribution < -0.4 is 4.74 Å². The predicted octanol–water partition coefficient (Wildman–Crippen LogP) is 20.2. The van der Waals surface area contributed by atoms with Gasteiger partial charge < -0.3 is 9.84 Å². The molecule has 510 valence electrons. The standard InChI is InChI=1S/C10H12F3N.C9H11F2N.C9H13NO.2C8H9F3N2.C8H12N2.C8H11NO.C7H9ClN2/c1-6(2)9-5-4-8(7(3)14-9)10(11,12)13;1-6(2)8-4-3-7(5-12-8)9(10)11;1-7(2)9-5-4-8(11-3)6-10-9;1-5(2)6-3-13-7(4-12-6)8(9,10)11;1-5(2)7-12-3-6(4-13-7)8(9,10)11;1-6(2)8-5-9-7(3)4-10-8;1-6(2)8-4-3-7(10)5-9-8;1-5(2)7-9-3-6(8)4-10-7/h4-6H,1-3H3;3-6,9H,1-2H3;4-7H,1-3H3;2*3-5H,1-2H3;4-6H,1-3H3;3-6,10H,1-2H3;3-5H,1-2H3. The molecule has 8 rings (SSSR count). The second kappa shape index (κ2) is 40.2. The lowest BCUT2D eigenvalue weighted by Gasteiger charge is -2.11. The van der Waals surface area contributed by atoms with Crippen molar-refractivity contribution in [1.29, 1.82) is 0 Å². The maximum atomic E-state index is 12.3. The molecular weight excluding hydrogens is 1250 g/mol. The zero-order valence-corrected chi connectivity index (χ0v) is 56.7. The molecule has 0 radical (unpaired) electrons. The fraction of sp³-hybridized carbons (Fsp3) is 0.463. The van der Waals surface area contributed by atoms with E-state index >= 15 is 0 Å². The summed E-state index contributed by atoms with van der Waals surface area (Å²) in [4.78, 5) is 46.7. The number of aromatic nitrogens is 12. The van der Waals surface area contributed by atoms with E-state index in [0.29, 0.717) is 45.9 Å². The highest BCUT2D eigenvalue weighted by Gasteiger charge is 2.34. The Morgan fingerprint density at radius 2 is 0.796 bits per heavy atom. The molecule has 0 unspecified atom stereocenters. The van der Waals surface area contributed by atoms with Crippen molar-refractivity contribution in [3.8, 4) is 11.5 Å². The Hall–Kier alpha value is -7.96. The molecule has 0 saturated carbocycles. The Labute approximate surface area is 544 Å². The molecule has 0 atom stereocenters. The molecule has 8 aromatic heterocycles. The van der Waals surface area contributed by atoms with Gasteiger partial charge in [0.25, 0.3) is 6.43 Å². The van der Waals surface area contributed by atoms with Crippen LogP contribution in [-0.4, -0.2) is 72.0 Å². The van der Waals surface area contributed by atoms with Gasteiger partial charge in [-0.05, 0) is 97.9 Å². The summed E-state index contributed by atoms with van der Waals surface area (Å²) < 4.78 is 138. The maximum absolute atomic E-state index is 12.3. The van der Waals surface area contributed by atoms with Crippen molar-refractivity contribution in [1.82, 2.24) is 59.8 Å². The number of alkyl halides is 11. The van der Waals surface area contributed by atoms with Gasteiger partial charge in [-0.3, -0.25) is 34.9 Å². The van der Waals surface area contributed by atoms with Crippen molar-refractivity contribution < 1.29 is 58.1 Å². The van der Waals surface area contributed by atoms with E-state index in [1.54, 1.807) is 44.0 Å². The molecule has 0 fully saturated rings. The molecule has 26 heteroatoms. The van der Waals surface area contributed by atoms with Gasteiger partial charge in [-0.25, -0.2) is 33.7 Å². The highest BCUT2D eigenvalue weighted by atomic mass is 35.5. The fourth-order valence-corrected chi connectivity index (χ4v) is 6.67. The third kappa shape index (κ3) is 32.9. The minimum absolute atomic E-state index is 0.0144. The molecule has 8 heterocycles. The number of ether oxygens (including phenoxy) is 1. The average Bonchev–Trinajstić information content (AvgIpc) is 1.05. The largest absolute Gasteiger partial charge is 0.506 e. The quantitative estimate of drug-likeness (QED) is 0.128. The van der Waals surface area contributed by atoms with E-state index in [1.165, 1.54) is 31.5 Å². The van der Waals surface area contributed by atoms with Gasteiger partial charge in [-0.15, -0.1) is 0 Å². The number of hydrogen-bond acceptors (Lipinski definition) is 14. The topological polar surface area (TPSA) is 184 Å². The van der Waals surface area contributed by atoms with Crippen molar-refractivity contribution in [2.24, 2.45) is 0 Å². The first-order valence-corrected chi connectivity index (χ1v) is 29.9. The number of methoxy groups -OCH3 is 1. The van der Waals surface area contributed by atoms with Crippen molar-refractivity contribution >= 4 is 11.6 Å². The van der Waals surface area contributed by atoms with Crippen molar-refractivity contribution in [3.05, 3.63) is 201 Å². The molecule has 0 aliphatic carbocycles. The van der Waals surface area contributed by atoms with Crippen LogP contribution in [0.2, 0.25) is 5.02 Å². The molecule has 0 amide bonds. The van der Waals surface area contributed by atoms with Crippen LogP contribution in [-0.2, 0) is 18.5 Å². The zero-order valence-electron chi connectivity index (χ0n) is 55.9. The Bertz CT molecular complexity index is 3090. The van der Waals surface area contributed by atoms with Gasteiger partial charge in [0.15, 0.2) is 5.69 Å². The summed E-state index contributed by atoms with van der Waals surface area (Å²) in [5.41, 5.74) is 3.88. The van der Waals surface area contributed by atoms with Crippen molar-refractivity contribution in [2.75, 3.05) is 7.11 Å². The lowest BCUT2D eigenvalue weighted by Crippen LogP contribution is -2.10. The summed E-state index contributed by atoms with van der Waals surface area (Å²) in [5, 5.41) is 9.46. The lowest BCUT2D eigenvalue weighted by molar-refractivity contribution is -0.141. The second-order valence-corrected chi connectivity index (χ2v) is 23.4. The van der Waals surface area contributed by atoms with Crippen LogP contribution in [0.3, 0.4) is 0 Å². The van der Waals surface area contributed by atoms with Gasteiger partial charge in [0.05, 0.1) is 58.9 Å². The summed E-state index contributed by atoms with van der Waals surface area (Å²) in [6, 6.07) is 13.0. The van der Waals surface area contributed by atoms with Crippen LogP contribution in [0.25, 0.3) is 0 Å². The van der Waals surface area contributed by atoms with E-state index < -0.39 is 41.8 Å². The van der Waals surface area contributed by atoms with E-state index in [2.05, 4.69) is 101 Å². The summed E-state index contributed by atoms with van der Waals surface area (Å²) >= 11 is 5.59. The molecule has 0 spiro atoms. The zero-order chi connectivity index (χ0) is 71.1. The lowest BCUT2D eigenvalue weighted by atomic mass is 10.1. The molecular formula is C67H86ClF11N12O2. The van der Waals surface area contributed by atoms with Crippen LogP contribution >= 0.6 is 11.6 Å². The first kappa shape index (κ1) is 83.1. The first-order valence-electron chi connectivity index (χ1n) is 29.6. The number of nitrogens with zero attached hydrogens (tertiary/aromatic N) is 12. The van der Waals surface area contributed by atoms with Crippen LogP contribution in [0.4, 0.5) is 48.3 Å². The van der Waals surface area contributed by atoms with Gasteiger partial charge in [0.2, 0.25) is 0 Å². The van der Waals surface area contributed by atoms with Gasteiger partial charge in [0, 0.05) is 95.4 Å². The highest BCUT2D eigenvalue weighted by Crippen LogP contribution is 2.32. The smallest absolute Gasteiger partial charge is 0.434 e. The Kier molecular flexibility index (Phi) is 35.9. The van der Waals surface area contributed by atoms with Gasteiger partial charge >= 0.3 is 18.5 Å². The second-order valence-electron chi connectivity index (χ2n) is 23.0. The van der Waals surface area contributed by atoms with Gasteiger partial charge in [-0.2, -0.15) is 39.5 Å². The number of hydrogen-bond donors (Lipinski definition) is 1. The average molecular weight is 1340 g/mol. The van der Waals surface area contributed by atoms with Crippen LogP contribution in [0.15, 0.2) is 117 Å². The first-order chi connectivity index (χ1) is 43.1. The van der Waals surface area contributed by atoms with Crippen LogP contribution in [0.1, 0.15) is 244 Å². The van der Waals surface area contributed by atoms with Crippen molar-refractivity contribution in [3.63, 3.8) is 0 Å². The van der Waals surface area contributed by atoms with Crippen LogP contribution in [0.5, 0.6) is 11.5 Å². The van der Waals surface area contributed by atoms with Gasteiger partial charge in [-0.1, -0.05) is 122 Å². The number of halogens is 12. The summed E-state index contributed by atoms with van der Waals surface area (Å²) in [7, 11) is 1.64. The van der Waals surface area contributed by atoms with Crippen molar-refractivity contribution in [2.45, 2.75) is 197 Å². The Morgan fingerprint density at radius 3 is 1.11 bits per heavy atom. The number of aromatic hydroxyl groups is 1. The molecule has 14 nitrogen and oxygen atoms in total. The maximum Gasteiger partial charge on any atom is 0.434 e. The molecule has 93 heavy (non-hydrogen) atoms. The molecule has 0 aromatic carbocycles. The third-order valence-electron chi connectivity index (χ3n) is 12.2. The Balaban J connectivity index is 0.000000533. The normalized spacial score (nSPS) is 11.2. The summed E-state index contributed by atoms with van der Waals surface area (Å²) in [6.45, 7) is 35.1. The van der Waals surface area contributed by atoms with Crippen LogP contribution in [0, 0.1) is 13.8 Å². The minimum Gasteiger partial charge on any atom is -0.506 e. The number of rotatable bonds is 10. The molecule has 0 saturated heterocycles. The summed E-state index contributed by atoms with van der Waals surface area (Å²) in [6.07, 6.45) is -0.620. The molecule has 1 N–H and O–H groups in total. The third-order valence-corrected chi connectivity index (χ3v) is 12.4. The van der Waals surface area contributed by atoms with E-state index in [1.807, 2.05) is 101 Å². The fourth-order valence-electron chi connectivity index (χ4n) is 6.57. The van der Waals surface area contributed by atoms with E-state index in [0.717, 1.165) is 70.9 Å². The molecule has 0 aliphatic heterocycles. The van der Waals surface area contributed by atoms with E-state index in [-0.39, 0.29) is 40.7 Å². The number of aryl methyl sites for hydroxylation is 2. The molecule has 8 aromatic rings. The highest BCUT2D eigenvalue weighted by molar-refractivity contribution is 6.30. The molecule has 0 aliphatic rings. The monoisotopic (exact) mass is 1330 g/mol. The minimum atomic E-state index is -4.40. The Morgan fingerprint density at radius 1 is 0.387 bits per heavy atom. The number of pyridine rings is 4. The predicted molar refractivity (Wildman–Crippen MR) is 340 cm³/mol. The van der Waals surface area contributed by atoms with E-state index in [4.69, 9.17) is 21.4 Å². The summed E-state index contributed by atoms with van der Waals surface area (Å²) in [5.74, 6) is 4.65. The molecule has 0 bridgehead atoms. The van der Waals surface area contributed by atoms with Gasteiger partial charge in [0.1, 0.15) is 23.1 Å².